The van der Waals surface area contributed by atoms with E-state index in [1.165, 1.54) is 84.0 Å². The molecular formula is C17H36N2. The van der Waals surface area contributed by atoms with Crippen LogP contribution in [-0.2, 0) is 0 Å². The van der Waals surface area contributed by atoms with Crippen LogP contribution in [0.15, 0.2) is 0 Å². The number of rotatable bonds is 9. The molecule has 0 radical (unpaired) electrons. The minimum Gasteiger partial charge on any atom is -0.310 e. The molecule has 0 aliphatic carbocycles. The van der Waals surface area contributed by atoms with E-state index in [1.807, 2.05) is 0 Å². The standard InChI is InChI=1S/C17H36N2/c1-4-6-7-8-9-10-11-14-19-15-12-13-18-17(3,5-2)16-19/h18H,4-16H2,1-3H3. The summed E-state index contributed by atoms with van der Waals surface area (Å²) in [7, 11) is 0. The topological polar surface area (TPSA) is 15.3 Å². The van der Waals surface area contributed by atoms with Crippen LogP contribution in [0.25, 0.3) is 0 Å². The van der Waals surface area contributed by atoms with Crippen molar-refractivity contribution in [1.82, 2.24) is 10.2 Å². The average molecular weight is 268 g/mol. The van der Waals surface area contributed by atoms with E-state index in [2.05, 4.69) is 31.0 Å². The van der Waals surface area contributed by atoms with Crippen molar-refractivity contribution < 1.29 is 0 Å². The van der Waals surface area contributed by atoms with Gasteiger partial charge in [0.05, 0.1) is 0 Å². The number of hydrogen-bond acceptors (Lipinski definition) is 2. The van der Waals surface area contributed by atoms with Crippen LogP contribution in [0.4, 0.5) is 0 Å². The summed E-state index contributed by atoms with van der Waals surface area (Å²) in [6.45, 7) is 12.0. The molecule has 0 spiro atoms. The first-order valence-corrected chi connectivity index (χ1v) is 8.67. The Kier molecular flexibility index (Phi) is 8.72. The van der Waals surface area contributed by atoms with E-state index in [4.69, 9.17) is 0 Å². The van der Waals surface area contributed by atoms with Crippen molar-refractivity contribution in [3.63, 3.8) is 0 Å². The first-order valence-electron chi connectivity index (χ1n) is 8.67. The number of hydrogen-bond donors (Lipinski definition) is 1. The van der Waals surface area contributed by atoms with Gasteiger partial charge in [0, 0.05) is 12.1 Å². The highest BCUT2D eigenvalue weighted by Gasteiger charge is 2.26. The van der Waals surface area contributed by atoms with Crippen LogP contribution in [0.1, 0.15) is 78.6 Å². The van der Waals surface area contributed by atoms with E-state index in [-0.39, 0.29) is 0 Å². The minimum absolute atomic E-state index is 0.345. The van der Waals surface area contributed by atoms with Gasteiger partial charge in [-0.15, -0.1) is 0 Å². The Morgan fingerprint density at radius 3 is 2.37 bits per heavy atom. The lowest BCUT2D eigenvalue weighted by atomic mass is 9.98. The van der Waals surface area contributed by atoms with Crippen molar-refractivity contribution in [1.29, 1.82) is 0 Å². The highest BCUT2D eigenvalue weighted by molar-refractivity contribution is 4.87. The average Bonchev–Trinajstić information content (AvgIpc) is 2.60. The maximum absolute atomic E-state index is 3.72. The van der Waals surface area contributed by atoms with E-state index in [9.17, 15) is 0 Å². The molecule has 1 unspecified atom stereocenters. The number of nitrogens with one attached hydrogen (secondary N) is 1. The summed E-state index contributed by atoms with van der Waals surface area (Å²) < 4.78 is 0. The fourth-order valence-electron chi connectivity index (χ4n) is 3.04. The molecule has 0 amide bonds. The second kappa shape index (κ2) is 9.77. The Bertz CT molecular complexity index is 217. The van der Waals surface area contributed by atoms with Gasteiger partial charge in [-0.2, -0.15) is 0 Å². The largest absolute Gasteiger partial charge is 0.310 e. The third-order valence-corrected chi connectivity index (χ3v) is 4.63. The van der Waals surface area contributed by atoms with Gasteiger partial charge in [-0.3, -0.25) is 0 Å². The molecule has 114 valence electrons. The van der Waals surface area contributed by atoms with Gasteiger partial charge in [0.25, 0.3) is 0 Å². The molecule has 0 aromatic heterocycles. The Hall–Kier alpha value is -0.0800. The van der Waals surface area contributed by atoms with Gasteiger partial charge in [-0.25, -0.2) is 0 Å². The van der Waals surface area contributed by atoms with Crippen molar-refractivity contribution in [2.24, 2.45) is 0 Å². The quantitative estimate of drug-likeness (QED) is 0.630. The fourth-order valence-corrected chi connectivity index (χ4v) is 3.04. The zero-order chi connectivity index (χ0) is 14.0. The molecule has 1 heterocycles. The lowest BCUT2D eigenvalue weighted by Crippen LogP contribution is -2.48. The van der Waals surface area contributed by atoms with Gasteiger partial charge in [0.2, 0.25) is 0 Å². The third-order valence-electron chi connectivity index (χ3n) is 4.63. The highest BCUT2D eigenvalue weighted by Crippen LogP contribution is 2.16. The normalized spacial score (nSPS) is 25.4. The summed E-state index contributed by atoms with van der Waals surface area (Å²) >= 11 is 0. The number of unbranched alkanes of at least 4 members (excludes halogenated alkanes) is 6. The van der Waals surface area contributed by atoms with E-state index in [1.54, 1.807) is 0 Å². The molecule has 0 bridgehead atoms. The van der Waals surface area contributed by atoms with Crippen molar-refractivity contribution in [2.45, 2.75) is 84.1 Å². The molecule has 1 fully saturated rings. The Labute approximate surface area is 121 Å². The van der Waals surface area contributed by atoms with E-state index in [0.717, 1.165) is 0 Å². The second-order valence-electron chi connectivity index (χ2n) is 6.59. The summed E-state index contributed by atoms with van der Waals surface area (Å²) in [5.41, 5.74) is 0.345. The van der Waals surface area contributed by atoms with E-state index >= 15 is 0 Å². The van der Waals surface area contributed by atoms with Crippen LogP contribution < -0.4 is 5.32 Å². The van der Waals surface area contributed by atoms with Crippen molar-refractivity contribution in [3.8, 4) is 0 Å². The van der Waals surface area contributed by atoms with Gasteiger partial charge < -0.3 is 10.2 Å². The van der Waals surface area contributed by atoms with Crippen molar-refractivity contribution >= 4 is 0 Å². The third kappa shape index (κ3) is 7.31. The molecule has 0 aromatic rings. The summed E-state index contributed by atoms with van der Waals surface area (Å²) in [5, 5.41) is 3.72. The van der Waals surface area contributed by atoms with Crippen LogP contribution in [0, 0.1) is 0 Å². The maximum atomic E-state index is 3.72. The molecule has 2 nitrogen and oxygen atoms in total. The monoisotopic (exact) mass is 268 g/mol. The zero-order valence-corrected chi connectivity index (χ0v) is 13.6. The lowest BCUT2D eigenvalue weighted by Gasteiger charge is -2.32. The van der Waals surface area contributed by atoms with Crippen LogP contribution in [0.3, 0.4) is 0 Å². The molecule has 2 heteroatoms. The first kappa shape index (κ1) is 17.0. The molecule has 1 aliphatic heterocycles. The van der Waals surface area contributed by atoms with Gasteiger partial charge in [0.1, 0.15) is 0 Å². The summed E-state index contributed by atoms with van der Waals surface area (Å²) in [6, 6.07) is 0. The predicted molar refractivity (Wildman–Crippen MR) is 85.7 cm³/mol. The molecule has 1 aliphatic rings. The second-order valence-corrected chi connectivity index (χ2v) is 6.59. The van der Waals surface area contributed by atoms with Crippen molar-refractivity contribution in [3.05, 3.63) is 0 Å². The Morgan fingerprint density at radius 1 is 1.00 bits per heavy atom. The molecule has 19 heavy (non-hydrogen) atoms. The Balaban J connectivity index is 2.10. The van der Waals surface area contributed by atoms with Gasteiger partial charge >= 0.3 is 0 Å². The predicted octanol–water partition coefficient (Wildman–Crippen LogP) is 4.20. The van der Waals surface area contributed by atoms with Gasteiger partial charge in [0.15, 0.2) is 0 Å². The van der Waals surface area contributed by atoms with Crippen LogP contribution in [-0.4, -0.2) is 36.6 Å². The van der Waals surface area contributed by atoms with Crippen molar-refractivity contribution in [2.75, 3.05) is 26.2 Å². The molecule has 1 rings (SSSR count). The molecular weight excluding hydrogens is 232 g/mol. The summed E-state index contributed by atoms with van der Waals surface area (Å²) in [4.78, 5) is 2.69. The molecule has 0 saturated carbocycles. The molecule has 1 N–H and O–H groups in total. The van der Waals surface area contributed by atoms with E-state index < -0.39 is 0 Å². The van der Waals surface area contributed by atoms with Gasteiger partial charge in [-0.05, 0) is 45.8 Å². The van der Waals surface area contributed by atoms with Crippen LogP contribution in [0.5, 0.6) is 0 Å². The van der Waals surface area contributed by atoms with E-state index in [0.29, 0.717) is 5.54 Å². The fraction of sp³-hybridized carbons (Fsp3) is 1.00. The SMILES string of the molecule is CCCCCCCCCN1CCCNC(C)(CC)C1. The highest BCUT2D eigenvalue weighted by atomic mass is 15.2. The zero-order valence-electron chi connectivity index (χ0n) is 13.6. The lowest BCUT2D eigenvalue weighted by molar-refractivity contribution is 0.211. The van der Waals surface area contributed by atoms with Crippen LogP contribution >= 0.6 is 0 Å². The summed E-state index contributed by atoms with van der Waals surface area (Å²) in [6.07, 6.45) is 12.5. The van der Waals surface area contributed by atoms with Gasteiger partial charge in [-0.1, -0.05) is 52.4 Å². The first-order chi connectivity index (χ1) is 9.20. The molecule has 1 atom stereocenters. The maximum Gasteiger partial charge on any atom is 0.0277 e. The molecule has 0 aromatic carbocycles. The van der Waals surface area contributed by atoms with Crippen LogP contribution in [0.2, 0.25) is 0 Å². The number of nitrogens with zero attached hydrogens (tertiary/aromatic N) is 1. The minimum atomic E-state index is 0.345. The Morgan fingerprint density at radius 2 is 1.68 bits per heavy atom. The summed E-state index contributed by atoms with van der Waals surface area (Å²) in [5.74, 6) is 0. The smallest absolute Gasteiger partial charge is 0.0277 e. The molecule has 1 saturated heterocycles.